The number of anilines is 1. The van der Waals surface area contributed by atoms with Gasteiger partial charge in [0.1, 0.15) is 0 Å². The van der Waals surface area contributed by atoms with Crippen LogP contribution in [0.15, 0.2) is 146 Å². The van der Waals surface area contributed by atoms with E-state index in [0.717, 1.165) is 107 Å². The third kappa shape index (κ3) is 9.88. The lowest BCUT2D eigenvalue weighted by Crippen LogP contribution is -2.19. The summed E-state index contributed by atoms with van der Waals surface area (Å²) in [5.74, 6) is 0.0722. The summed E-state index contributed by atoms with van der Waals surface area (Å²) >= 11 is 0. The first-order valence-electron chi connectivity index (χ1n) is 23.7. The number of aromatic nitrogens is 4. The summed E-state index contributed by atoms with van der Waals surface area (Å²) in [4.78, 5) is 28.7. The molecule has 0 aliphatic carbocycles. The third-order valence-corrected chi connectivity index (χ3v) is 12.9. The van der Waals surface area contributed by atoms with Crippen molar-refractivity contribution in [2.24, 2.45) is 0 Å². The number of H-pyrrole nitrogens is 4. The van der Waals surface area contributed by atoms with Gasteiger partial charge in [-0.3, -0.25) is 4.79 Å². The summed E-state index contributed by atoms with van der Waals surface area (Å²) in [6.45, 7) is 8.64. The molecule has 6 heteroatoms. The Morgan fingerprint density at radius 1 is 0.369 bits per heavy atom. The molecule has 0 spiro atoms. The highest BCUT2D eigenvalue weighted by atomic mass is 16.1. The zero-order chi connectivity index (χ0) is 44.7. The van der Waals surface area contributed by atoms with E-state index in [4.69, 9.17) is 0 Å². The lowest BCUT2D eigenvalue weighted by atomic mass is 10.0. The summed E-state index contributed by atoms with van der Waals surface area (Å²) in [6, 6.07) is 52.2. The summed E-state index contributed by atoms with van der Waals surface area (Å²) in [6.07, 6.45) is 11.6. The fourth-order valence-corrected chi connectivity index (χ4v) is 9.27. The van der Waals surface area contributed by atoms with Crippen molar-refractivity contribution in [3.05, 3.63) is 229 Å². The molecular formula is C59H61N5O. The first-order valence-corrected chi connectivity index (χ1v) is 23.7. The molecule has 65 heavy (non-hydrogen) atoms. The van der Waals surface area contributed by atoms with E-state index in [0.29, 0.717) is 6.42 Å². The number of amides is 1. The Labute approximate surface area is 383 Å². The van der Waals surface area contributed by atoms with E-state index in [1.54, 1.807) is 0 Å². The average molecular weight is 856 g/mol. The molecule has 9 rings (SSSR count). The Morgan fingerprint density at radius 2 is 0.677 bits per heavy atom. The van der Waals surface area contributed by atoms with Crippen LogP contribution in [0.1, 0.15) is 133 Å². The monoisotopic (exact) mass is 855 g/mol. The number of unbranched alkanes of at least 4 members (excludes halogenated alkanes) is 8. The second kappa shape index (κ2) is 19.8. The van der Waals surface area contributed by atoms with Gasteiger partial charge in [0.25, 0.3) is 0 Å². The molecule has 8 aromatic rings. The molecule has 5 N–H and O–H groups in total. The fraction of sp³-hybridized carbons (Fsp3) is 0.237. The zero-order valence-electron chi connectivity index (χ0n) is 38.3. The number of aryl methyl sites for hydroxylation is 3. The second-order valence-corrected chi connectivity index (χ2v) is 17.9. The van der Waals surface area contributed by atoms with Crippen molar-refractivity contribution in [1.29, 1.82) is 0 Å². The Balaban J connectivity index is 1.16. The molecule has 6 nitrogen and oxygen atoms in total. The van der Waals surface area contributed by atoms with Gasteiger partial charge in [0, 0.05) is 78.6 Å². The van der Waals surface area contributed by atoms with E-state index in [1.807, 2.05) is 12.1 Å². The van der Waals surface area contributed by atoms with Crippen molar-refractivity contribution in [3.63, 3.8) is 0 Å². The van der Waals surface area contributed by atoms with Crippen LogP contribution in [0.4, 0.5) is 5.69 Å². The number of rotatable bonds is 15. The number of carbonyl (C=O) groups is 1. The van der Waals surface area contributed by atoms with Crippen LogP contribution in [0.3, 0.4) is 0 Å². The number of hydrogen-bond donors (Lipinski definition) is 5. The number of benzene rings is 4. The molecule has 0 atom stereocenters. The molecule has 328 valence electrons. The maximum Gasteiger partial charge on any atom is 0.224 e. The number of nitrogens with one attached hydrogen (secondary N) is 5. The lowest BCUT2D eigenvalue weighted by Gasteiger charge is -2.11. The van der Waals surface area contributed by atoms with Gasteiger partial charge in [-0.05, 0) is 110 Å². The van der Waals surface area contributed by atoms with Crippen molar-refractivity contribution in [2.45, 2.75) is 91.9 Å². The van der Waals surface area contributed by atoms with E-state index in [1.165, 1.54) is 61.6 Å². The molecule has 1 aliphatic rings. The Bertz CT molecular complexity index is 3150. The summed E-state index contributed by atoms with van der Waals surface area (Å²) in [5, 5.41) is 7.18. The largest absolute Gasteiger partial charge is 0.354 e. The van der Waals surface area contributed by atoms with Crippen LogP contribution >= 0.6 is 0 Å². The highest BCUT2D eigenvalue weighted by Crippen LogP contribution is 2.29. The molecule has 0 radical (unpaired) electrons. The van der Waals surface area contributed by atoms with E-state index < -0.39 is 0 Å². The first-order chi connectivity index (χ1) is 31.8. The smallest absolute Gasteiger partial charge is 0.224 e. The van der Waals surface area contributed by atoms with Crippen LogP contribution in [0, 0.1) is 20.8 Å². The maximum atomic E-state index is 13.1. The van der Waals surface area contributed by atoms with Crippen molar-refractivity contribution >= 4 is 33.9 Å². The minimum Gasteiger partial charge on any atom is -0.354 e. The highest BCUT2D eigenvalue weighted by Gasteiger charge is 2.19. The number of carbonyl (C=O) groups excluding carboxylic acids is 1. The Kier molecular flexibility index (Phi) is 13.1. The summed E-state index contributed by atoms with van der Waals surface area (Å²) in [7, 11) is 0. The van der Waals surface area contributed by atoms with Crippen molar-refractivity contribution in [1.82, 2.24) is 19.9 Å². The van der Waals surface area contributed by atoms with Crippen LogP contribution in [-0.4, -0.2) is 25.8 Å². The molecule has 8 bridgehead atoms. The quantitative estimate of drug-likeness (QED) is 0.0653. The molecule has 4 aromatic carbocycles. The van der Waals surface area contributed by atoms with E-state index in [-0.39, 0.29) is 5.91 Å². The number of aromatic amines is 4. The molecule has 1 amide bonds. The highest BCUT2D eigenvalue weighted by molar-refractivity contribution is 5.91. The van der Waals surface area contributed by atoms with E-state index in [9.17, 15) is 4.79 Å². The minimum atomic E-state index is 0.0722. The van der Waals surface area contributed by atoms with Gasteiger partial charge in [0.05, 0.1) is 0 Å². The molecule has 4 aromatic heterocycles. The normalized spacial score (nSPS) is 12.6. The molecule has 0 saturated carbocycles. The van der Waals surface area contributed by atoms with Gasteiger partial charge in [-0.25, -0.2) is 0 Å². The van der Waals surface area contributed by atoms with Crippen LogP contribution in [-0.2, 0) is 4.79 Å². The minimum absolute atomic E-state index is 0.0722. The van der Waals surface area contributed by atoms with E-state index >= 15 is 0 Å². The lowest BCUT2D eigenvalue weighted by molar-refractivity contribution is -0.116. The SMILES string of the molecule is CCCCCCCCCCCC(=O)Nc1ccc(C2=c3ccc([nH]3)=C(c3ccc(C)cc3)c3ccc([nH]3)C(c3ccc(C)cc3)=c3ccc([nH]3)=C(c3ccc(C)cc3)c3ccc2[nH]3)cc1. The van der Waals surface area contributed by atoms with Gasteiger partial charge in [-0.15, -0.1) is 0 Å². The molecule has 5 heterocycles. The average Bonchev–Trinajstić information content (AvgIpc) is 4.17. The van der Waals surface area contributed by atoms with Crippen molar-refractivity contribution in [3.8, 4) is 0 Å². The molecule has 1 aliphatic heterocycles. The number of hydrogen-bond acceptors (Lipinski definition) is 1. The fourth-order valence-electron chi connectivity index (χ4n) is 9.27. The summed E-state index contributed by atoms with van der Waals surface area (Å²) < 4.78 is 0. The van der Waals surface area contributed by atoms with Crippen LogP contribution in [0.5, 0.6) is 0 Å². The topological polar surface area (TPSA) is 92.3 Å². The van der Waals surface area contributed by atoms with Gasteiger partial charge in [0.2, 0.25) is 5.91 Å². The molecule has 0 saturated heterocycles. The van der Waals surface area contributed by atoms with Gasteiger partial charge in [-0.2, -0.15) is 0 Å². The van der Waals surface area contributed by atoms with Crippen molar-refractivity contribution in [2.75, 3.05) is 5.32 Å². The first kappa shape index (κ1) is 43.2. The van der Waals surface area contributed by atoms with Gasteiger partial charge >= 0.3 is 0 Å². The van der Waals surface area contributed by atoms with Gasteiger partial charge in [0.15, 0.2) is 0 Å². The predicted molar refractivity (Wildman–Crippen MR) is 269 cm³/mol. The van der Waals surface area contributed by atoms with Crippen LogP contribution in [0.2, 0.25) is 0 Å². The molecular weight excluding hydrogens is 795 g/mol. The molecule has 0 unspecified atom stereocenters. The van der Waals surface area contributed by atoms with Crippen molar-refractivity contribution < 1.29 is 4.79 Å². The van der Waals surface area contributed by atoms with Gasteiger partial charge < -0.3 is 25.3 Å². The zero-order valence-corrected chi connectivity index (χ0v) is 38.3. The Hall–Kier alpha value is -7.05. The Morgan fingerprint density at radius 3 is 1.02 bits per heavy atom. The van der Waals surface area contributed by atoms with Crippen LogP contribution < -0.4 is 26.7 Å². The maximum absolute atomic E-state index is 13.1. The van der Waals surface area contributed by atoms with Gasteiger partial charge in [-0.1, -0.05) is 160 Å². The molecule has 0 fully saturated rings. The standard InChI is InChI=1S/C59H61N5O/c1-5-6-7-8-9-10-11-12-13-14-55(65)60-46-29-27-45(28-30-46)59-53-37-35-51(63-53)57(43-23-17-40(3)18-24-43)49-33-31-47(61-49)56(42-21-15-39(2)16-22-42)48-32-34-50(62-48)58(52-36-38-54(59)64-52)44-25-19-41(4)20-26-44/h15-38,61-64H,5-14H2,1-4H3,(H,60,65). The summed E-state index contributed by atoms with van der Waals surface area (Å²) in [5.41, 5.74) is 17.1. The third-order valence-electron chi connectivity index (χ3n) is 12.9. The van der Waals surface area contributed by atoms with E-state index in [2.05, 4.69) is 186 Å². The predicted octanol–water partition coefficient (Wildman–Crippen LogP) is 11.1. The number of fused-ring (bicyclic) bond motifs is 8. The second-order valence-electron chi connectivity index (χ2n) is 17.9. The van der Waals surface area contributed by atoms with Crippen LogP contribution in [0.25, 0.3) is 22.3 Å².